The van der Waals surface area contributed by atoms with Crippen LogP contribution in [0.4, 0.5) is 36.4 Å². The van der Waals surface area contributed by atoms with Gasteiger partial charge in [-0.15, -0.1) is 0 Å². The Morgan fingerprint density at radius 1 is 1.19 bits per heavy atom. The first kappa shape index (κ1) is 15.7. The summed E-state index contributed by atoms with van der Waals surface area (Å²) in [4.78, 5) is 1.05. The van der Waals surface area contributed by atoms with Crippen LogP contribution in [-0.4, -0.2) is 25.9 Å². The highest BCUT2D eigenvalue weighted by molar-refractivity contribution is 5.60. The Hall–Kier alpha value is -1.67. The lowest BCUT2D eigenvalue weighted by atomic mass is 10.1. The van der Waals surface area contributed by atoms with Crippen molar-refractivity contribution in [3.63, 3.8) is 0 Å². The van der Waals surface area contributed by atoms with Gasteiger partial charge in [0.1, 0.15) is 0 Å². The van der Waals surface area contributed by atoms with Crippen LogP contribution in [0, 0.1) is 17.6 Å². The molecule has 9 heteroatoms. The first-order valence-electron chi connectivity index (χ1n) is 5.94. The lowest BCUT2D eigenvalue weighted by Gasteiger charge is -2.22. The Bertz CT molecular complexity index is 517. The molecule has 0 aliphatic carbocycles. The minimum Gasteiger partial charge on any atom is -0.429 e. The molecule has 1 aliphatic heterocycles. The second-order valence-corrected chi connectivity index (χ2v) is 4.56. The van der Waals surface area contributed by atoms with E-state index in [2.05, 4.69) is 4.74 Å². The van der Waals surface area contributed by atoms with E-state index in [4.69, 9.17) is 0 Å². The smallest absolute Gasteiger partial charge is 0.393 e. The fraction of sp³-hybridized carbons (Fsp3) is 0.500. The Morgan fingerprint density at radius 2 is 1.86 bits per heavy atom. The monoisotopic (exact) mass is 317 g/mol. The molecule has 0 saturated carbocycles. The number of hydrogen-bond donors (Lipinski definition) is 0. The van der Waals surface area contributed by atoms with Crippen LogP contribution in [0.25, 0.3) is 0 Å². The molecule has 1 fully saturated rings. The summed E-state index contributed by atoms with van der Waals surface area (Å²) in [5.74, 6) is -5.79. The Kier molecular flexibility index (Phi) is 4.20. The summed E-state index contributed by atoms with van der Waals surface area (Å²) < 4.78 is 92.8. The molecule has 1 aromatic carbocycles. The van der Waals surface area contributed by atoms with Crippen molar-refractivity contribution in [2.45, 2.75) is 19.2 Å². The van der Waals surface area contributed by atoms with Crippen molar-refractivity contribution < 1.29 is 35.5 Å². The summed E-state index contributed by atoms with van der Waals surface area (Å²) in [6.07, 6.45) is -4.69. The third-order valence-corrected chi connectivity index (χ3v) is 3.23. The van der Waals surface area contributed by atoms with Crippen molar-refractivity contribution in [1.29, 1.82) is 0 Å². The number of benzene rings is 1. The molecule has 0 aromatic heterocycles. The van der Waals surface area contributed by atoms with Crippen molar-refractivity contribution in [3.8, 4) is 5.75 Å². The van der Waals surface area contributed by atoms with Gasteiger partial charge in [0.25, 0.3) is 0 Å². The van der Waals surface area contributed by atoms with Gasteiger partial charge < -0.3 is 9.64 Å². The summed E-state index contributed by atoms with van der Waals surface area (Å²) in [7, 11) is 0. The molecule has 1 saturated heterocycles. The van der Waals surface area contributed by atoms with E-state index >= 15 is 0 Å². The molecule has 0 bridgehead atoms. The molecule has 0 amide bonds. The molecule has 1 heterocycles. The second-order valence-electron chi connectivity index (χ2n) is 4.56. The molecule has 2 rings (SSSR count). The van der Waals surface area contributed by atoms with Crippen LogP contribution in [0.5, 0.6) is 5.75 Å². The molecule has 1 atom stereocenters. The normalized spacial score (nSPS) is 19.4. The average molecular weight is 317 g/mol. The van der Waals surface area contributed by atoms with Crippen LogP contribution in [0.2, 0.25) is 0 Å². The van der Waals surface area contributed by atoms with Gasteiger partial charge >= 0.3 is 12.8 Å². The summed E-state index contributed by atoms with van der Waals surface area (Å²) in [5.41, 5.74) is -0.319. The van der Waals surface area contributed by atoms with Crippen LogP contribution in [0.15, 0.2) is 12.1 Å². The number of nitrogens with zero attached hydrogens (tertiary/aromatic N) is 1. The molecular weight excluding hydrogens is 307 g/mol. The molecule has 1 aliphatic rings. The average Bonchev–Trinajstić information content (AvgIpc) is 2.84. The molecule has 0 radical (unpaired) electrons. The highest BCUT2D eigenvalue weighted by Gasteiger charge is 2.44. The van der Waals surface area contributed by atoms with E-state index in [-0.39, 0.29) is 18.7 Å². The van der Waals surface area contributed by atoms with E-state index < -0.39 is 42.6 Å². The minimum atomic E-state index is -4.43. The molecule has 2 nitrogen and oxygen atoms in total. The van der Waals surface area contributed by atoms with Gasteiger partial charge in [-0.3, -0.25) is 0 Å². The highest BCUT2D eigenvalue weighted by atomic mass is 19.4. The summed E-state index contributed by atoms with van der Waals surface area (Å²) in [6.45, 7) is -4.05. The lowest BCUT2D eigenvalue weighted by molar-refractivity contribution is -0.168. The SMILES string of the molecule is Fc1ccc(N2CCC(C(F)(F)F)C2)c(OC(F)F)c1F. The zero-order valence-electron chi connectivity index (χ0n) is 10.4. The molecule has 1 aromatic rings. The van der Waals surface area contributed by atoms with Crippen LogP contribution >= 0.6 is 0 Å². The Labute approximate surface area is 115 Å². The molecule has 1 unspecified atom stereocenters. The number of alkyl halides is 5. The van der Waals surface area contributed by atoms with Crippen molar-refractivity contribution in [2.75, 3.05) is 18.0 Å². The summed E-state index contributed by atoms with van der Waals surface area (Å²) in [5, 5.41) is 0. The summed E-state index contributed by atoms with van der Waals surface area (Å²) in [6, 6.07) is 1.58. The van der Waals surface area contributed by atoms with Gasteiger partial charge in [0, 0.05) is 13.1 Å². The standard InChI is InChI=1S/C12H10F7NO/c13-7-1-2-8(10(9(7)14)21-11(15)16)20-4-3-6(5-20)12(17,18)19/h1-2,6,11H,3-5H2. The fourth-order valence-electron chi connectivity index (χ4n) is 2.22. The zero-order valence-corrected chi connectivity index (χ0v) is 10.4. The maximum atomic E-state index is 13.5. The van der Waals surface area contributed by atoms with E-state index in [0.717, 1.165) is 11.0 Å². The van der Waals surface area contributed by atoms with Gasteiger partial charge in [-0.25, -0.2) is 4.39 Å². The van der Waals surface area contributed by atoms with Crippen molar-refractivity contribution in [2.24, 2.45) is 5.92 Å². The molecule has 0 spiro atoms. The van der Waals surface area contributed by atoms with Crippen LogP contribution in [-0.2, 0) is 0 Å². The van der Waals surface area contributed by atoms with Crippen molar-refractivity contribution in [3.05, 3.63) is 23.8 Å². The predicted octanol–water partition coefficient (Wildman–Crippen LogP) is 3.95. The van der Waals surface area contributed by atoms with Gasteiger partial charge in [-0.05, 0) is 18.6 Å². The maximum Gasteiger partial charge on any atom is 0.393 e. The van der Waals surface area contributed by atoms with Gasteiger partial charge in [0.15, 0.2) is 11.6 Å². The third kappa shape index (κ3) is 3.33. The van der Waals surface area contributed by atoms with E-state index in [1.54, 1.807) is 0 Å². The van der Waals surface area contributed by atoms with Gasteiger partial charge in [-0.2, -0.15) is 26.3 Å². The fourth-order valence-corrected chi connectivity index (χ4v) is 2.22. The number of hydrogen-bond acceptors (Lipinski definition) is 2. The zero-order chi connectivity index (χ0) is 15.8. The largest absolute Gasteiger partial charge is 0.429 e. The maximum absolute atomic E-state index is 13.5. The third-order valence-electron chi connectivity index (χ3n) is 3.23. The first-order chi connectivity index (χ1) is 9.70. The molecule has 118 valence electrons. The van der Waals surface area contributed by atoms with Crippen LogP contribution < -0.4 is 9.64 Å². The van der Waals surface area contributed by atoms with E-state index in [9.17, 15) is 30.7 Å². The van der Waals surface area contributed by atoms with Crippen molar-refractivity contribution in [1.82, 2.24) is 0 Å². The number of anilines is 1. The van der Waals surface area contributed by atoms with E-state index in [1.165, 1.54) is 0 Å². The number of ether oxygens (including phenoxy) is 1. The van der Waals surface area contributed by atoms with E-state index in [1.807, 2.05) is 0 Å². The molecule has 21 heavy (non-hydrogen) atoms. The first-order valence-corrected chi connectivity index (χ1v) is 5.94. The van der Waals surface area contributed by atoms with Crippen molar-refractivity contribution >= 4 is 5.69 Å². The van der Waals surface area contributed by atoms with Gasteiger partial charge in [0.2, 0.25) is 5.82 Å². The lowest BCUT2D eigenvalue weighted by Crippen LogP contribution is -2.28. The minimum absolute atomic E-state index is 0.116. The van der Waals surface area contributed by atoms with Crippen LogP contribution in [0.3, 0.4) is 0 Å². The van der Waals surface area contributed by atoms with Crippen LogP contribution in [0.1, 0.15) is 6.42 Å². The topological polar surface area (TPSA) is 12.5 Å². The number of rotatable bonds is 3. The second kappa shape index (κ2) is 5.61. The summed E-state index contributed by atoms with van der Waals surface area (Å²) >= 11 is 0. The van der Waals surface area contributed by atoms with E-state index in [0.29, 0.717) is 6.07 Å². The molecular formula is C12H10F7NO. The Morgan fingerprint density at radius 3 is 2.38 bits per heavy atom. The number of halogens is 7. The highest BCUT2D eigenvalue weighted by Crippen LogP contribution is 2.40. The van der Waals surface area contributed by atoms with Gasteiger partial charge in [-0.1, -0.05) is 0 Å². The quantitative estimate of drug-likeness (QED) is 0.783. The molecule has 0 N–H and O–H groups in total. The Balaban J connectivity index is 2.30. The van der Waals surface area contributed by atoms with Gasteiger partial charge in [0.05, 0.1) is 11.6 Å². The predicted molar refractivity (Wildman–Crippen MR) is 59.4 cm³/mol.